The quantitative estimate of drug-likeness (QED) is 0.0747. The minimum Gasteiger partial charge on any atom is -0.311 e. The van der Waals surface area contributed by atoms with Crippen molar-refractivity contribution in [2.75, 3.05) is 14.7 Å². The van der Waals surface area contributed by atoms with Crippen LogP contribution in [-0.2, 0) is 0 Å². The highest BCUT2D eigenvalue weighted by Crippen LogP contribution is 2.55. The van der Waals surface area contributed by atoms with Gasteiger partial charge in [-0.15, -0.1) is 0 Å². The van der Waals surface area contributed by atoms with E-state index in [0.29, 0.717) is 0 Å². The molecule has 2 heterocycles. The average molecular weight is 1650 g/mol. The molecule has 21 aromatic carbocycles. The van der Waals surface area contributed by atoms with Crippen LogP contribution in [0.15, 0.2) is 522 Å². The summed E-state index contributed by atoms with van der Waals surface area (Å²) in [6.07, 6.45) is 0. The molecular weight excluding hydrogens is 1570 g/mol. The maximum atomic E-state index is 2.65. The molecule has 0 radical (unpaired) electrons. The molecule has 0 aromatic heterocycles. The molecule has 608 valence electrons. The summed E-state index contributed by atoms with van der Waals surface area (Å²) in [4.78, 5) is 7.82. The highest BCUT2D eigenvalue weighted by atomic mass is 15.2. The molecule has 0 bridgehead atoms. The van der Waals surface area contributed by atoms with Crippen molar-refractivity contribution in [2.24, 2.45) is 0 Å². The number of benzene rings is 21. The molecule has 2 aliphatic heterocycles. The van der Waals surface area contributed by atoms with Crippen molar-refractivity contribution in [1.29, 1.82) is 0 Å². The Balaban J connectivity index is 0.872. The largest absolute Gasteiger partial charge is 0.311 e. The molecule has 0 aliphatic carbocycles. The van der Waals surface area contributed by atoms with Crippen molar-refractivity contribution in [1.82, 2.24) is 0 Å². The first-order chi connectivity index (χ1) is 64.5. The van der Waals surface area contributed by atoms with E-state index >= 15 is 0 Å². The molecule has 23 rings (SSSR count). The van der Waals surface area contributed by atoms with Gasteiger partial charge in [-0.25, -0.2) is 0 Å². The summed E-state index contributed by atoms with van der Waals surface area (Å²) in [6.45, 7) is -0.346. The predicted molar refractivity (Wildman–Crippen MR) is 551 cm³/mol. The molecule has 130 heavy (non-hydrogen) atoms. The molecule has 4 heteroatoms. The smallest absolute Gasteiger partial charge is 0.252 e. The fourth-order valence-corrected chi connectivity index (χ4v) is 19.9. The summed E-state index contributed by atoms with van der Waals surface area (Å²) in [6, 6.07) is 194. The molecule has 2 aliphatic rings. The molecule has 0 N–H and O–H groups in total. The lowest BCUT2D eigenvalue weighted by atomic mass is 9.33. The van der Waals surface area contributed by atoms with Gasteiger partial charge in [0, 0.05) is 45.5 Å². The van der Waals surface area contributed by atoms with Crippen LogP contribution in [0, 0.1) is 0 Å². The van der Waals surface area contributed by atoms with Gasteiger partial charge in [0.2, 0.25) is 0 Å². The summed E-state index contributed by atoms with van der Waals surface area (Å²) >= 11 is 0. The van der Waals surface area contributed by atoms with E-state index in [1.54, 1.807) is 0 Å². The summed E-state index contributed by atoms with van der Waals surface area (Å²) in [5.41, 5.74) is 44.2. The first-order valence-electron chi connectivity index (χ1n) is 44.9. The Kier molecular flexibility index (Phi) is 20.5. The molecule has 3 nitrogen and oxygen atoms in total. The van der Waals surface area contributed by atoms with Crippen molar-refractivity contribution in [3.05, 3.63) is 522 Å². The van der Waals surface area contributed by atoms with Gasteiger partial charge < -0.3 is 14.7 Å². The minimum absolute atomic E-state index is 0.346. The molecule has 0 spiro atoms. The van der Waals surface area contributed by atoms with Gasteiger partial charge in [0.05, 0.1) is 5.69 Å². The average Bonchev–Trinajstić information content (AvgIpc) is 0.688. The number of hydrogen-bond donors (Lipinski definition) is 0. The van der Waals surface area contributed by atoms with Crippen LogP contribution in [0.2, 0.25) is 0 Å². The van der Waals surface area contributed by atoms with Crippen LogP contribution in [0.3, 0.4) is 0 Å². The molecule has 0 saturated carbocycles. The Hall–Kier alpha value is -16.9. The van der Waals surface area contributed by atoms with E-state index < -0.39 is 0 Å². The van der Waals surface area contributed by atoms with Gasteiger partial charge in [0.1, 0.15) is 0 Å². The second kappa shape index (κ2) is 34.2. The highest BCUT2D eigenvalue weighted by Gasteiger charge is 2.45. The van der Waals surface area contributed by atoms with Crippen LogP contribution < -0.4 is 31.1 Å². The Labute approximate surface area is 761 Å². The summed E-state index contributed by atoms with van der Waals surface area (Å²) in [7, 11) is 0. The Morgan fingerprint density at radius 2 is 0.385 bits per heavy atom. The third-order valence-electron chi connectivity index (χ3n) is 25.9. The van der Waals surface area contributed by atoms with Crippen molar-refractivity contribution >= 4 is 74.3 Å². The van der Waals surface area contributed by atoms with Crippen LogP contribution in [0.25, 0.3) is 156 Å². The van der Waals surface area contributed by atoms with Crippen LogP contribution >= 0.6 is 0 Å². The van der Waals surface area contributed by atoms with Gasteiger partial charge in [0.15, 0.2) is 0 Å². The monoisotopic (exact) mass is 1650 g/mol. The maximum Gasteiger partial charge on any atom is 0.252 e. The number of nitrogens with zero attached hydrogens (tertiary/aromatic N) is 3. The third-order valence-corrected chi connectivity index (χ3v) is 25.9. The maximum absolute atomic E-state index is 2.65. The van der Waals surface area contributed by atoms with Crippen molar-refractivity contribution < 1.29 is 0 Å². The normalized spacial score (nSPS) is 11.8. The SMILES string of the molecule is c1ccc(-c2ccc(N(c3cccc(-c4ccccc4)c3)c3cc4c5c(c3)N(c3cc(-c6ccccc6)c(-c6cc(-c7ccccc7)cc(-c7ccccc7)c6)c(-c6ccccc6)c3)c3ccc(-c6ccccc6)cc3B5c3cc(-c5ccccc5)ccc3N4c3cc(-c4ccccc4)c(-c4cc(-c5ccccc5)cc(-c5ccccc5)c4)c(-c4ccccc4)c3)cc2)cc1. The first kappa shape index (κ1) is 77.9. The van der Waals surface area contributed by atoms with Gasteiger partial charge in [-0.2, -0.15) is 0 Å². The minimum atomic E-state index is -0.346. The van der Waals surface area contributed by atoms with Crippen LogP contribution in [0.4, 0.5) is 51.2 Å². The zero-order chi connectivity index (χ0) is 86.2. The summed E-state index contributed by atoms with van der Waals surface area (Å²) in [5, 5.41) is 0. The molecule has 0 fully saturated rings. The molecule has 21 aromatic rings. The van der Waals surface area contributed by atoms with Crippen LogP contribution in [-0.4, -0.2) is 6.71 Å². The molecule has 0 saturated heterocycles. The number of fused-ring (bicyclic) bond motifs is 4. The van der Waals surface area contributed by atoms with Crippen molar-refractivity contribution in [2.45, 2.75) is 0 Å². The van der Waals surface area contributed by atoms with Gasteiger partial charge in [-0.3, -0.25) is 0 Å². The topological polar surface area (TPSA) is 9.72 Å². The Bertz CT molecular complexity index is 7090. The Morgan fingerprint density at radius 3 is 0.685 bits per heavy atom. The number of hydrogen-bond acceptors (Lipinski definition) is 3. The zero-order valence-corrected chi connectivity index (χ0v) is 71.6. The van der Waals surface area contributed by atoms with E-state index in [1.807, 2.05) is 0 Å². The molecule has 0 atom stereocenters. The second-order valence-corrected chi connectivity index (χ2v) is 33.8. The summed E-state index contributed by atoms with van der Waals surface area (Å²) in [5.74, 6) is 0. The van der Waals surface area contributed by atoms with E-state index in [9.17, 15) is 0 Å². The Morgan fingerprint density at radius 1 is 0.146 bits per heavy atom. The van der Waals surface area contributed by atoms with E-state index in [1.165, 1.54) is 16.4 Å². The van der Waals surface area contributed by atoms with E-state index in [2.05, 4.69) is 536 Å². The van der Waals surface area contributed by atoms with Gasteiger partial charge >= 0.3 is 0 Å². The zero-order valence-electron chi connectivity index (χ0n) is 71.6. The van der Waals surface area contributed by atoms with Gasteiger partial charge in [-0.05, 0) is 281 Å². The summed E-state index contributed by atoms with van der Waals surface area (Å²) < 4.78 is 0. The fraction of sp³-hybridized carbons (Fsp3) is 0. The predicted octanol–water partition coefficient (Wildman–Crippen LogP) is 32.6. The lowest BCUT2D eigenvalue weighted by Gasteiger charge is -2.45. The van der Waals surface area contributed by atoms with E-state index in [-0.39, 0.29) is 6.71 Å². The molecule has 0 unspecified atom stereocenters. The highest BCUT2D eigenvalue weighted by molar-refractivity contribution is 7.00. The number of anilines is 9. The standard InChI is InChI=1S/C126H86BN3/c1-13-38-87(39-14-1)95-64-68-109(69-65-95)128(110-63-37-62-100(78-110)88-40-15-2-16-41-88)113-85-122-126-123(86-113)130(112-83-116(98-58-33-11-34-59-98)125(117(84-112)99-60-35-12-36-61-99)108-76-105(93-50-25-7-26-51-93)73-106(77-108)94-52-27-8-28-53-94)121-71-67-102(90-44-19-4-20-45-90)80-119(121)127(126)118-79-101(89-42-17-3-18-43-89)66-70-120(118)129(122)111-81-114(96-54-29-9-30-55-96)124(115(82-111)97-56-31-10-32-57-97)107-74-103(91-46-21-5-22-47-91)72-104(75-107)92-48-23-6-24-49-92/h1-86H. The van der Waals surface area contributed by atoms with E-state index in [0.717, 1.165) is 207 Å². The third kappa shape index (κ3) is 14.9. The molecule has 0 amide bonds. The van der Waals surface area contributed by atoms with Crippen LogP contribution in [0.1, 0.15) is 0 Å². The van der Waals surface area contributed by atoms with E-state index in [4.69, 9.17) is 0 Å². The molecular formula is C126H86BN3. The number of rotatable bonds is 19. The van der Waals surface area contributed by atoms with Gasteiger partial charge in [0.25, 0.3) is 6.71 Å². The van der Waals surface area contributed by atoms with Crippen LogP contribution in [0.5, 0.6) is 0 Å². The fourth-order valence-electron chi connectivity index (χ4n) is 19.9. The first-order valence-corrected chi connectivity index (χ1v) is 44.9. The lowest BCUT2D eigenvalue weighted by molar-refractivity contribution is 1.23. The van der Waals surface area contributed by atoms with Crippen molar-refractivity contribution in [3.8, 4) is 156 Å². The second-order valence-electron chi connectivity index (χ2n) is 33.8. The van der Waals surface area contributed by atoms with Crippen molar-refractivity contribution in [3.63, 3.8) is 0 Å². The van der Waals surface area contributed by atoms with Gasteiger partial charge in [-0.1, -0.05) is 413 Å². The lowest BCUT2D eigenvalue weighted by Crippen LogP contribution is -2.61.